The first-order valence-corrected chi connectivity index (χ1v) is 5.56. The van der Waals surface area contributed by atoms with E-state index in [0.29, 0.717) is 24.7 Å². The minimum Gasteiger partial charge on any atom is -0.298 e. The molecular weight excluding hydrogens is 221 g/mol. The molecule has 0 N–H and O–H groups in total. The number of halogens is 1. The number of nitrogens with zero attached hydrogens (tertiary/aromatic N) is 1. The van der Waals surface area contributed by atoms with Gasteiger partial charge in [-0.05, 0) is 30.5 Å². The summed E-state index contributed by atoms with van der Waals surface area (Å²) in [4.78, 5) is 25.4. The lowest BCUT2D eigenvalue weighted by Crippen LogP contribution is -2.21. The van der Waals surface area contributed by atoms with Crippen LogP contribution in [0.15, 0.2) is 23.2 Å². The van der Waals surface area contributed by atoms with Gasteiger partial charge in [0.05, 0.1) is 5.54 Å². The largest absolute Gasteiger partial charge is 0.298 e. The van der Waals surface area contributed by atoms with Crippen LogP contribution in [0.4, 0.5) is 4.39 Å². The highest BCUT2D eigenvalue weighted by molar-refractivity contribution is 5.78. The summed E-state index contributed by atoms with van der Waals surface area (Å²) in [5.41, 5.74) is 0.228. The molecule has 0 spiro atoms. The molecule has 0 saturated heterocycles. The van der Waals surface area contributed by atoms with Gasteiger partial charge in [-0.15, -0.1) is 0 Å². The third kappa shape index (κ3) is 2.04. The average molecular weight is 233 g/mol. The molecule has 0 heterocycles. The fraction of sp³-hybridized carbons (Fsp3) is 0.385. The van der Waals surface area contributed by atoms with Crippen LogP contribution in [0, 0.1) is 5.82 Å². The summed E-state index contributed by atoms with van der Waals surface area (Å²) in [6.45, 7) is 0. The van der Waals surface area contributed by atoms with E-state index < -0.39 is 11.4 Å². The molecule has 1 aromatic rings. The second kappa shape index (κ2) is 4.60. The molecule has 1 saturated carbocycles. The molecule has 1 aromatic carbocycles. The highest BCUT2D eigenvalue weighted by Gasteiger charge is 2.37. The van der Waals surface area contributed by atoms with Gasteiger partial charge in [0.25, 0.3) is 0 Å². The molecule has 17 heavy (non-hydrogen) atoms. The van der Waals surface area contributed by atoms with Crippen LogP contribution in [0.25, 0.3) is 0 Å². The van der Waals surface area contributed by atoms with Crippen LogP contribution in [-0.4, -0.2) is 12.4 Å². The monoisotopic (exact) mass is 233 g/mol. The van der Waals surface area contributed by atoms with Crippen molar-refractivity contribution in [1.29, 1.82) is 0 Å². The number of aliphatic imine (C=N–C) groups is 1. The summed E-state index contributed by atoms with van der Waals surface area (Å²) in [5, 5.41) is 0. The number of carbonyl (C=O) groups excluding carboxylic acids is 2. The van der Waals surface area contributed by atoms with Gasteiger partial charge in [0, 0.05) is 5.56 Å². The Hall–Kier alpha value is -1.80. The van der Waals surface area contributed by atoms with E-state index in [1.807, 2.05) is 0 Å². The van der Waals surface area contributed by atoms with Gasteiger partial charge < -0.3 is 0 Å². The van der Waals surface area contributed by atoms with E-state index in [4.69, 9.17) is 0 Å². The van der Waals surface area contributed by atoms with Crippen molar-refractivity contribution in [3.05, 3.63) is 35.1 Å². The van der Waals surface area contributed by atoms with Crippen LogP contribution in [0.3, 0.4) is 0 Å². The number of hydrogen-bond donors (Lipinski definition) is 0. The van der Waals surface area contributed by atoms with E-state index in [1.165, 1.54) is 12.1 Å². The van der Waals surface area contributed by atoms with Crippen molar-refractivity contribution < 1.29 is 14.0 Å². The van der Waals surface area contributed by atoms with E-state index >= 15 is 0 Å². The standard InChI is InChI=1S/C13H12FNO2/c14-11-3-4-12(10(7-11)8-16)13(15-9-17)5-1-2-6-13/h3-4,7-8H,1-2,5-6H2. The maximum Gasteiger partial charge on any atom is 0.235 e. The molecule has 1 aliphatic rings. The van der Waals surface area contributed by atoms with Crippen molar-refractivity contribution in [2.45, 2.75) is 31.2 Å². The Morgan fingerprint density at radius 2 is 2.06 bits per heavy atom. The van der Waals surface area contributed by atoms with Crippen molar-refractivity contribution in [3.8, 4) is 0 Å². The number of carbonyl (C=O) groups is 1. The Balaban J connectivity index is 2.57. The van der Waals surface area contributed by atoms with E-state index in [2.05, 4.69) is 4.99 Å². The SMILES string of the molecule is O=C=NC1(c2ccc(F)cc2C=O)CCCC1. The lowest BCUT2D eigenvalue weighted by Gasteiger charge is -2.24. The molecule has 0 aromatic heterocycles. The zero-order chi connectivity index (χ0) is 12.3. The molecule has 88 valence electrons. The van der Waals surface area contributed by atoms with Crippen LogP contribution < -0.4 is 0 Å². The predicted octanol–water partition coefficient (Wildman–Crippen LogP) is 2.74. The van der Waals surface area contributed by atoms with Crippen LogP contribution in [0.2, 0.25) is 0 Å². The maximum atomic E-state index is 13.1. The van der Waals surface area contributed by atoms with Gasteiger partial charge in [0.2, 0.25) is 6.08 Å². The van der Waals surface area contributed by atoms with Gasteiger partial charge in [0.1, 0.15) is 5.82 Å². The van der Waals surface area contributed by atoms with E-state index in [9.17, 15) is 14.0 Å². The van der Waals surface area contributed by atoms with Gasteiger partial charge in [-0.2, -0.15) is 4.99 Å². The summed E-state index contributed by atoms with van der Waals surface area (Å²) >= 11 is 0. The highest BCUT2D eigenvalue weighted by atomic mass is 19.1. The third-order valence-corrected chi connectivity index (χ3v) is 3.33. The summed E-state index contributed by atoms with van der Waals surface area (Å²) in [6.07, 6.45) is 5.49. The summed E-state index contributed by atoms with van der Waals surface area (Å²) < 4.78 is 13.1. The topological polar surface area (TPSA) is 46.5 Å². The van der Waals surface area contributed by atoms with Crippen molar-refractivity contribution in [2.24, 2.45) is 4.99 Å². The zero-order valence-electron chi connectivity index (χ0n) is 9.28. The van der Waals surface area contributed by atoms with Gasteiger partial charge in [0.15, 0.2) is 6.29 Å². The Morgan fingerprint density at radius 1 is 1.35 bits per heavy atom. The van der Waals surface area contributed by atoms with E-state index in [1.54, 1.807) is 12.1 Å². The molecule has 4 heteroatoms. The number of hydrogen-bond acceptors (Lipinski definition) is 3. The minimum atomic E-state index is -0.675. The first-order valence-electron chi connectivity index (χ1n) is 5.56. The summed E-state index contributed by atoms with van der Waals surface area (Å²) in [7, 11) is 0. The highest BCUT2D eigenvalue weighted by Crippen LogP contribution is 2.43. The van der Waals surface area contributed by atoms with Crippen molar-refractivity contribution >= 4 is 12.4 Å². The van der Waals surface area contributed by atoms with Crippen LogP contribution in [0.5, 0.6) is 0 Å². The zero-order valence-corrected chi connectivity index (χ0v) is 9.28. The van der Waals surface area contributed by atoms with E-state index in [-0.39, 0.29) is 5.56 Å². The molecule has 0 radical (unpaired) electrons. The number of rotatable bonds is 3. The van der Waals surface area contributed by atoms with Crippen LogP contribution >= 0.6 is 0 Å². The number of benzene rings is 1. The molecule has 0 amide bonds. The van der Waals surface area contributed by atoms with Crippen molar-refractivity contribution in [3.63, 3.8) is 0 Å². The van der Waals surface area contributed by atoms with Gasteiger partial charge in [-0.1, -0.05) is 18.9 Å². The van der Waals surface area contributed by atoms with Crippen LogP contribution in [-0.2, 0) is 10.3 Å². The Labute approximate surface area is 98.4 Å². The average Bonchev–Trinajstić information content (AvgIpc) is 2.79. The van der Waals surface area contributed by atoms with Gasteiger partial charge >= 0.3 is 0 Å². The Morgan fingerprint density at radius 3 is 2.65 bits per heavy atom. The van der Waals surface area contributed by atoms with Crippen molar-refractivity contribution in [2.75, 3.05) is 0 Å². The summed E-state index contributed by atoms with van der Waals surface area (Å²) in [5.74, 6) is -0.459. The second-order valence-corrected chi connectivity index (χ2v) is 4.29. The fourth-order valence-corrected chi connectivity index (χ4v) is 2.54. The minimum absolute atomic E-state index is 0.269. The fourth-order valence-electron chi connectivity index (χ4n) is 2.54. The molecule has 1 aliphatic carbocycles. The Kier molecular flexibility index (Phi) is 3.16. The molecule has 0 unspecified atom stereocenters. The number of aldehydes is 1. The normalized spacial score (nSPS) is 17.5. The first kappa shape index (κ1) is 11.7. The molecule has 0 bridgehead atoms. The maximum absolute atomic E-state index is 13.1. The molecule has 0 aliphatic heterocycles. The molecule has 3 nitrogen and oxygen atoms in total. The lowest BCUT2D eigenvalue weighted by atomic mass is 9.86. The van der Waals surface area contributed by atoms with Gasteiger partial charge in [-0.3, -0.25) is 4.79 Å². The predicted molar refractivity (Wildman–Crippen MR) is 60.1 cm³/mol. The molecule has 0 atom stereocenters. The lowest BCUT2D eigenvalue weighted by molar-refractivity contribution is 0.112. The smallest absolute Gasteiger partial charge is 0.235 e. The third-order valence-electron chi connectivity index (χ3n) is 3.33. The Bertz CT molecular complexity index is 486. The van der Waals surface area contributed by atoms with Gasteiger partial charge in [-0.25, -0.2) is 9.18 Å². The molecular formula is C13H12FNO2. The summed E-state index contributed by atoms with van der Waals surface area (Å²) in [6, 6.07) is 4.02. The molecule has 2 rings (SSSR count). The van der Waals surface area contributed by atoms with Crippen molar-refractivity contribution in [1.82, 2.24) is 0 Å². The second-order valence-electron chi connectivity index (χ2n) is 4.29. The number of isocyanates is 1. The molecule has 1 fully saturated rings. The first-order chi connectivity index (χ1) is 8.22. The quantitative estimate of drug-likeness (QED) is 0.458. The van der Waals surface area contributed by atoms with E-state index in [0.717, 1.165) is 12.8 Å². The van der Waals surface area contributed by atoms with Crippen LogP contribution in [0.1, 0.15) is 41.6 Å².